The highest BCUT2D eigenvalue weighted by atomic mass is 32.1. The van der Waals surface area contributed by atoms with Gasteiger partial charge < -0.3 is 4.57 Å². The summed E-state index contributed by atoms with van der Waals surface area (Å²) in [6.45, 7) is 0. The Kier molecular flexibility index (Phi) is 4.73. The van der Waals surface area contributed by atoms with Crippen LogP contribution in [-0.4, -0.2) is 9.55 Å². The van der Waals surface area contributed by atoms with Crippen molar-refractivity contribution in [1.29, 1.82) is 0 Å². The van der Waals surface area contributed by atoms with Crippen LogP contribution in [0.2, 0.25) is 0 Å². The summed E-state index contributed by atoms with van der Waals surface area (Å²) in [6, 6.07) is 47.5. The molecule has 0 N–H and O–H groups in total. The first-order valence-corrected chi connectivity index (χ1v) is 13.6. The normalized spacial score (nSPS) is 11.7. The van der Waals surface area contributed by atoms with E-state index >= 15 is 0 Å². The molecule has 38 heavy (non-hydrogen) atoms. The number of pyridine rings is 1. The van der Waals surface area contributed by atoms with Crippen molar-refractivity contribution >= 4 is 53.3 Å². The van der Waals surface area contributed by atoms with E-state index in [4.69, 9.17) is 4.98 Å². The van der Waals surface area contributed by atoms with Crippen molar-refractivity contribution in [1.82, 2.24) is 9.55 Å². The number of aromatic nitrogens is 2. The molecule has 0 aliphatic heterocycles. The molecular formula is C35H22N2S. The average Bonchev–Trinajstić information content (AvgIpc) is 3.53. The number of rotatable bonds is 3. The fraction of sp³-hybridized carbons (Fsp3) is 0. The van der Waals surface area contributed by atoms with Crippen LogP contribution in [0.5, 0.6) is 0 Å². The van der Waals surface area contributed by atoms with Gasteiger partial charge in [0.2, 0.25) is 0 Å². The fourth-order valence-corrected chi connectivity index (χ4v) is 6.93. The maximum Gasteiger partial charge on any atom is 0.0730 e. The molecule has 8 aromatic rings. The third-order valence-electron chi connectivity index (χ3n) is 7.39. The molecule has 0 unspecified atom stereocenters. The SMILES string of the molecule is c1ccc(-c2cc(-n3c4ccccc4c4c5sc6ccccc6c5ccc43)cc(-c3ccccc3)n2)cc1. The Balaban J connectivity index is 1.49. The largest absolute Gasteiger partial charge is 0.309 e. The van der Waals surface area contributed by atoms with E-state index in [1.165, 1.54) is 42.0 Å². The number of hydrogen-bond acceptors (Lipinski definition) is 2. The zero-order chi connectivity index (χ0) is 25.1. The van der Waals surface area contributed by atoms with Gasteiger partial charge in [-0.05, 0) is 30.3 Å². The smallest absolute Gasteiger partial charge is 0.0730 e. The van der Waals surface area contributed by atoms with Gasteiger partial charge in [-0.25, -0.2) is 4.98 Å². The Labute approximate surface area is 224 Å². The highest BCUT2D eigenvalue weighted by Gasteiger charge is 2.18. The first-order valence-electron chi connectivity index (χ1n) is 12.8. The first-order chi connectivity index (χ1) is 18.8. The van der Waals surface area contributed by atoms with Crippen LogP contribution in [0.3, 0.4) is 0 Å². The van der Waals surface area contributed by atoms with E-state index in [9.17, 15) is 0 Å². The fourth-order valence-electron chi connectivity index (χ4n) is 5.67. The lowest BCUT2D eigenvalue weighted by Gasteiger charge is -2.13. The highest BCUT2D eigenvalue weighted by Crippen LogP contribution is 2.43. The van der Waals surface area contributed by atoms with Crippen LogP contribution in [-0.2, 0) is 0 Å². The molecule has 5 aromatic carbocycles. The van der Waals surface area contributed by atoms with E-state index in [2.05, 4.69) is 138 Å². The Hall–Kier alpha value is -4.73. The molecule has 0 atom stereocenters. The zero-order valence-corrected chi connectivity index (χ0v) is 21.3. The molecule has 0 saturated carbocycles. The summed E-state index contributed by atoms with van der Waals surface area (Å²) in [5.74, 6) is 0. The number of thiophene rings is 1. The second kappa shape index (κ2) is 8.41. The zero-order valence-electron chi connectivity index (χ0n) is 20.5. The third kappa shape index (κ3) is 3.22. The van der Waals surface area contributed by atoms with Crippen molar-refractivity contribution in [2.45, 2.75) is 0 Å². The van der Waals surface area contributed by atoms with Crippen molar-refractivity contribution in [2.24, 2.45) is 0 Å². The summed E-state index contributed by atoms with van der Waals surface area (Å²) in [7, 11) is 0. The monoisotopic (exact) mass is 502 g/mol. The molecule has 0 aliphatic carbocycles. The van der Waals surface area contributed by atoms with Crippen LogP contribution < -0.4 is 0 Å². The molecule has 178 valence electrons. The van der Waals surface area contributed by atoms with E-state index in [-0.39, 0.29) is 0 Å². The van der Waals surface area contributed by atoms with E-state index in [0.717, 1.165) is 28.2 Å². The summed E-state index contributed by atoms with van der Waals surface area (Å²) < 4.78 is 5.09. The molecule has 0 amide bonds. The van der Waals surface area contributed by atoms with Gasteiger partial charge in [-0.2, -0.15) is 0 Å². The van der Waals surface area contributed by atoms with Crippen LogP contribution in [0.25, 0.3) is 70.2 Å². The quantitative estimate of drug-likeness (QED) is 0.235. The lowest BCUT2D eigenvalue weighted by Crippen LogP contribution is -1.98. The minimum Gasteiger partial charge on any atom is -0.309 e. The predicted molar refractivity (Wildman–Crippen MR) is 162 cm³/mol. The second-order valence-corrected chi connectivity index (χ2v) is 10.7. The summed E-state index contributed by atoms with van der Waals surface area (Å²) in [5, 5.41) is 5.25. The molecular weight excluding hydrogens is 480 g/mol. The van der Waals surface area contributed by atoms with E-state index in [1.807, 2.05) is 11.3 Å². The number of fused-ring (bicyclic) bond motifs is 7. The minimum absolute atomic E-state index is 0.968. The second-order valence-electron chi connectivity index (χ2n) is 9.62. The van der Waals surface area contributed by atoms with Gasteiger partial charge in [0.25, 0.3) is 0 Å². The Morgan fingerprint density at radius 1 is 0.500 bits per heavy atom. The van der Waals surface area contributed by atoms with Crippen LogP contribution in [0.15, 0.2) is 133 Å². The van der Waals surface area contributed by atoms with Crippen LogP contribution in [0.4, 0.5) is 0 Å². The Morgan fingerprint density at radius 3 is 1.82 bits per heavy atom. The first kappa shape index (κ1) is 21.4. The summed E-state index contributed by atoms with van der Waals surface area (Å²) in [4.78, 5) is 5.11. The molecule has 2 nitrogen and oxygen atoms in total. The molecule has 0 radical (unpaired) electrons. The molecule has 0 fully saturated rings. The lowest BCUT2D eigenvalue weighted by molar-refractivity contribution is 1.16. The van der Waals surface area contributed by atoms with Crippen molar-refractivity contribution in [3.05, 3.63) is 133 Å². The van der Waals surface area contributed by atoms with Gasteiger partial charge in [0.1, 0.15) is 0 Å². The molecule has 3 aromatic heterocycles. The number of nitrogens with zero attached hydrogens (tertiary/aromatic N) is 2. The van der Waals surface area contributed by atoms with Crippen LogP contribution in [0.1, 0.15) is 0 Å². The van der Waals surface area contributed by atoms with Gasteiger partial charge in [-0.3, -0.25) is 0 Å². The van der Waals surface area contributed by atoms with Gasteiger partial charge in [-0.1, -0.05) is 103 Å². The van der Waals surface area contributed by atoms with Gasteiger partial charge >= 0.3 is 0 Å². The van der Waals surface area contributed by atoms with E-state index in [0.29, 0.717) is 0 Å². The molecule has 0 bridgehead atoms. The molecule has 0 aliphatic rings. The lowest BCUT2D eigenvalue weighted by atomic mass is 10.1. The third-order valence-corrected chi connectivity index (χ3v) is 8.59. The van der Waals surface area contributed by atoms with Gasteiger partial charge in [-0.15, -0.1) is 11.3 Å². The standard InChI is InChI=1S/C35H22N2S/c1-3-11-23(12-4-1)29-21-25(22-30(36-29)24-13-5-2-6-14-24)37-31-17-9-7-16-28(31)34-32(37)20-19-27-26-15-8-10-18-33(26)38-35(27)34/h1-22H. The number of hydrogen-bond donors (Lipinski definition) is 0. The Morgan fingerprint density at radius 2 is 1.11 bits per heavy atom. The van der Waals surface area contributed by atoms with Crippen molar-refractivity contribution in [2.75, 3.05) is 0 Å². The maximum atomic E-state index is 5.11. The van der Waals surface area contributed by atoms with Crippen LogP contribution >= 0.6 is 11.3 Å². The highest BCUT2D eigenvalue weighted by molar-refractivity contribution is 7.26. The van der Waals surface area contributed by atoms with Crippen LogP contribution in [0, 0.1) is 0 Å². The van der Waals surface area contributed by atoms with Gasteiger partial charge in [0.15, 0.2) is 0 Å². The predicted octanol–water partition coefficient (Wildman–Crippen LogP) is 9.88. The minimum atomic E-state index is 0.968. The van der Waals surface area contributed by atoms with E-state index in [1.54, 1.807) is 0 Å². The Bertz CT molecular complexity index is 2060. The molecule has 3 heterocycles. The van der Waals surface area contributed by atoms with Crippen molar-refractivity contribution in [3.63, 3.8) is 0 Å². The molecule has 8 rings (SSSR count). The molecule has 0 spiro atoms. The maximum absolute atomic E-state index is 5.11. The topological polar surface area (TPSA) is 17.8 Å². The average molecular weight is 503 g/mol. The number of benzene rings is 5. The summed E-state index contributed by atoms with van der Waals surface area (Å²) >= 11 is 1.89. The molecule has 0 saturated heterocycles. The molecule has 3 heteroatoms. The number of para-hydroxylation sites is 1. The summed E-state index contributed by atoms with van der Waals surface area (Å²) in [6.07, 6.45) is 0. The van der Waals surface area contributed by atoms with E-state index < -0.39 is 0 Å². The van der Waals surface area contributed by atoms with Crippen molar-refractivity contribution < 1.29 is 0 Å². The van der Waals surface area contributed by atoms with Gasteiger partial charge in [0, 0.05) is 42.1 Å². The van der Waals surface area contributed by atoms with Gasteiger partial charge in [0.05, 0.1) is 28.1 Å². The van der Waals surface area contributed by atoms with Crippen molar-refractivity contribution in [3.8, 4) is 28.2 Å². The summed E-state index contributed by atoms with van der Waals surface area (Å²) in [5.41, 5.74) is 7.69.